The van der Waals surface area contributed by atoms with Gasteiger partial charge in [0, 0.05) is 3.57 Å². The summed E-state index contributed by atoms with van der Waals surface area (Å²) in [6.45, 7) is 1.68. The maximum Gasteiger partial charge on any atom is 0.397 e. The highest BCUT2D eigenvalue weighted by Gasteiger charge is 2.16. The summed E-state index contributed by atoms with van der Waals surface area (Å²) in [5, 5.41) is 2.13. The second-order valence-electron chi connectivity index (χ2n) is 2.80. The molecule has 0 aliphatic heterocycles. The molecular formula is C10H9FINO3. The third-order valence-corrected chi connectivity index (χ3v) is 2.31. The molecule has 0 heterocycles. The third kappa shape index (κ3) is 3.44. The SMILES string of the molecule is CCOC(=O)C(=O)Nc1ccc(I)cc1F. The van der Waals surface area contributed by atoms with Gasteiger partial charge in [0.25, 0.3) is 0 Å². The summed E-state index contributed by atoms with van der Waals surface area (Å²) >= 11 is 1.94. The van der Waals surface area contributed by atoms with E-state index in [1.165, 1.54) is 12.1 Å². The van der Waals surface area contributed by atoms with E-state index in [1.54, 1.807) is 13.0 Å². The van der Waals surface area contributed by atoms with Crippen LogP contribution in [0.3, 0.4) is 0 Å². The minimum atomic E-state index is -1.03. The molecule has 1 aromatic rings. The Bertz CT molecular complexity index is 423. The van der Waals surface area contributed by atoms with E-state index in [0.29, 0.717) is 3.57 Å². The summed E-state index contributed by atoms with van der Waals surface area (Å²) in [5.74, 6) is -2.60. The second-order valence-corrected chi connectivity index (χ2v) is 4.04. The standard InChI is InChI=1S/C10H9FINO3/c1-2-16-10(15)9(14)13-8-4-3-6(12)5-7(8)11/h3-5H,2H2,1H3,(H,13,14). The van der Waals surface area contributed by atoms with Gasteiger partial charge >= 0.3 is 11.9 Å². The predicted molar refractivity (Wildman–Crippen MR) is 64.4 cm³/mol. The fraction of sp³-hybridized carbons (Fsp3) is 0.200. The van der Waals surface area contributed by atoms with Gasteiger partial charge < -0.3 is 10.1 Å². The van der Waals surface area contributed by atoms with E-state index in [-0.39, 0.29) is 12.3 Å². The molecule has 86 valence electrons. The van der Waals surface area contributed by atoms with Gasteiger partial charge in [-0.25, -0.2) is 9.18 Å². The molecule has 0 radical (unpaired) electrons. The molecule has 1 aromatic carbocycles. The van der Waals surface area contributed by atoms with Gasteiger partial charge in [0.2, 0.25) is 0 Å². The Hall–Kier alpha value is -1.18. The number of anilines is 1. The van der Waals surface area contributed by atoms with E-state index in [0.717, 1.165) is 0 Å². The number of carbonyl (C=O) groups excluding carboxylic acids is 2. The number of carbonyl (C=O) groups is 2. The van der Waals surface area contributed by atoms with Crippen LogP contribution in [0.2, 0.25) is 0 Å². The van der Waals surface area contributed by atoms with Gasteiger partial charge in [0.05, 0.1) is 12.3 Å². The molecular weight excluding hydrogens is 328 g/mol. The fourth-order valence-corrected chi connectivity index (χ4v) is 1.41. The summed E-state index contributed by atoms with van der Waals surface area (Å²) in [6.07, 6.45) is 0. The van der Waals surface area contributed by atoms with Crippen LogP contribution in [0.5, 0.6) is 0 Å². The molecule has 1 rings (SSSR count). The molecule has 0 atom stereocenters. The molecule has 1 amide bonds. The van der Waals surface area contributed by atoms with Crippen molar-refractivity contribution in [3.05, 3.63) is 27.6 Å². The summed E-state index contributed by atoms with van der Waals surface area (Å²) < 4.78 is 18.5. The number of nitrogens with one attached hydrogen (secondary N) is 1. The van der Waals surface area contributed by atoms with Crippen molar-refractivity contribution < 1.29 is 18.7 Å². The average Bonchev–Trinajstić information content (AvgIpc) is 2.22. The van der Waals surface area contributed by atoms with Gasteiger partial charge in [0.15, 0.2) is 0 Å². The molecule has 0 fully saturated rings. The molecule has 0 aliphatic rings. The van der Waals surface area contributed by atoms with Gasteiger partial charge in [-0.3, -0.25) is 4.79 Å². The van der Waals surface area contributed by atoms with E-state index >= 15 is 0 Å². The topological polar surface area (TPSA) is 55.4 Å². The van der Waals surface area contributed by atoms with Crippen LogP contribution in [-0.2, 0) is 14.3 Å². The van der Waals surface area contributed by atoms with Crippen molar-refractivity contribution in [2.24, 2.45) is 0 Å². The lowest BCUT2D eigenvalue weighted by Crippen LogP contribution is -2.25. The van der Waals surface area contributed by atoms with E-state index in [1.807, 2.05) is 22.6 Å². The first-order chi connectivity index (χ1) is 7.54. The molecule has 6 heteroatoms. The second kappa shape index (κ2) is 5.78. The van der Waals surface area contributed by atoms with E-state index < -0.39 is 17.7 Å². The monoisotopic (exact) mass is 337 g/mol. The Morgan fingerprint density at radius 2 is 2.19 bits per heavy atom. The van der Waals surface area contributed by atoms with Gasteiger partial charge in [-0.15, -0.1) is 0 Å². The summed E-state index contributed by atoms with van der Waals surface area (Å²) in [4.78, 5) is 22.2. The van der Waals surface area contributed by atoms with Crippen molar-refractivity contribution in [1.29, 1.82) is 0 Å². The molecule has 0 aromatic heterocycles. The lowest BCUT2D eigenvalue weighted by molar-refractivity contribution is -0.152. The van der Waals surface area contributed by atoms with Gasteiger partial charge in [0.1, 0.15) is 5.82 Å². The first-order valence-electron chi connectivity index (χ1n) is 4.47. The van der Waals surface area contributed by atoms with Crippen molar-refractivity contribution in [3.63, 3.8) is 0 Å². The molecule has 0 bridgehead atoms. The van der Waals surface area contributed by atoms with Gasteiger partial charge in [-0.1, -0.05) is 0 Å². The van der Waals surface area contributed by atoms with Crippen LogP contribution in [0, 0.1) is 9.39 Å². The van der Waals surface area contributed by atoms with Crippen LogP contribution < -0.4 is 5.32 Å². The Labute approximate surface area is 105 Å². The van der Waals surface area contributed by atoms with Gasteiger partial charge in [-0.05, 0) is 47.7 Å². The Kier molecular flexibility index (Phi) is 4.66. The molecule has 0 spiro atoms. The lowest BCUT2D eigenvalue weighted by atomic mass is 10.3. The minimum Gasteiger partial charge on any atom is -0.459 e. The smallest absolute Gasteiger partial charge is 0.397 e. The van der Waals surface area contributed by atoms with Crippen LogP contribution in [-0.4, -0.2) is 18.5 Å². The van der Waals surface area contributed by atoms with Gasteiger partial charge in [-0.2, -0.15) is 0 Å². The average molecular weight is 337 g/mol. The summed E-state index contributed by atoms with van der Waals surface area (Å²) in [6, 6.07) is 4.25. The molecule has 0 saturated heterocycles. The van der Waals surface area contributed by atoms with Crippen LogP contribution in [0.25, 0.3) is 0 Å². The molecule has 0 unspecified atom stereocenters. The predicted octanol–water partition coefficient (Wildman–Crippen LogP) is 1.93. The molecule has 16 heavy (non-hydrogen) atoms. The van der Waals surface area contributed by atoms with Crippen molar-refractivity contribution >= 4 is 40.2 Å². The van der Waals surface area contributed by atoms with Crippen molar-refractivity contribution in [2.45, 2.75) is 6.92 Å². The van der Waals surface area contributed by atoms with Crippen molar-refractivity contribution in [2.75, 3.05) is 11.9 Å². The zero-order valence-electron chi connectivity index (χ0n) is 8.42. The fourth-order valence-electron chi connectivity index (χ4n) is 0.961. The minimum absolute atomic E-state index is 0.0431. The number of amides is 1. The zero-order valence-corrected chi connectivity index (χ0v) is 10.6. The largest absolute Gasteiger partial charge is 0.459 e. The van der Waals surface area contributed by atoms with Crippen molar-refractivity contribution in [1.82, 2.24) is 0 Å². The number of hydrogen-bond donors (Lipinski definition) is 1. The maximum atomic E-state index is 13.3. The van der Waals surface area contributed by atoms with E-state index in [2.05, 4.69) is 10.1 Å². The number of rotatable bonds is 2. The molecule has 0 saturated carbocycles. The molecule has 4 nitrogen and oxygen atoms in total. The Balaban J connectivity index is 2.73. The summed E-state index contributed by atoms with van der Waals surface area (Å²) in [5.41, 5.74) is -0.0431. The van der Waals surface area contributed by atoms with E-state index in [9.17, 15) is 14.0 Å². The first kappa shape index (κ1) is 12.9. The zero-order chi connectivity index (χ0) is 12.1. The molecule has 1 N–H and O–H groups in total. The highest BCUT2D eigenvalue weighted by atomic mass is 127. The highest BCUT2D eigenvalue weighted by molar-refractivity contribution is 14.1. The third-order valence-electron chi connectivity index (χ3n) is 1.64. The summed E-state index contributed by atoms with van der Waals surface area (Å²) in [7, 11) is 0. The Morgan fingerprint density at radius 1 is 1.50 bits per heavy atom. The highest BCUT2D eigenvalue weighted by Crippen LogP contribution is 2.16. The number of hydrogen-bond acceptors (Lipinski definition) is 3. The molecule has 0 aliphatic carbocycles. The van der Waals surface area contributed by atoms with Crippen LogP contribution in [0.15, 0.2) is 18.2 Å². The number of ether oxygens (including phenoxy) is 1. The number of esters is 1. The normalized spacial score (nSPS) is 9.69. The van der Waals surface area contributed by atoms with Crippen LogP contribution in [0.1, 0.15) is 6.92 Å². The van der Waals surface area contributed by atoms with Crippen LogP contribution >= 0.6 is 22.6 Å². The lowest BCUT2D eigenvalue weighted by Gasteiger charge is -2.05. The van der Waals surface area contributed by atoms with E-state index in [4.69, 9.17) is 0 Å². The number of halogens is 2. The maximum absolute atomic E-state index is 13.3. The Morgan fingerprint density at radius 3 is 2.75 bits per heavy atom. The number of benzene rings is 1. The first-order valence-corrected chi connectivity index (χ1v) is 5.55. The van der Waals surface area contributed by atoms with Crippen molar-refractivity contribution in [3.8, 4) is 0 Å². The van der Waals surface area contributed by atoms with Crippen LogP contribution in [0.4, 0.5) is 10.1 Å². The quantitative estimate of drug-likeness (QED) is 0.510.